The third-order valence-electron chi connectivity index (χ3n) is 3.29. The van der Waals surface area contributed by atoms with Crippen LogP contribution in [0.1, 0.15) is 13.3 Å². The minimum absolute atomic E-state index is 0.122. The number of aliphatic hydroxyl groups is 2. The number of hydrogen-bond acceptors (Lipinski definition) is 7. The van der Waals surface area contributed by atoms with Crippen LogP contribution in [-0.2, 0) is 23.7 Å². The van der Waals surface area contributed by atoms with Crippen molar-refractivity contribution in [1.82, 2.24) is 0 Å². The van der Waals surface area contributed by atoms with Crippen molar-refractivity contribution in [1.29, 1.82) is 0 Å². The monoisotopic (exact) mass is 278 g/mol. The molecular formula is C12H22O7. The molecule has 2 N–H and O–H groups in total. The highest BCUT2D eigenvalue weighted by Gasteiger charge is 2.43. The molecule has 0 aliphatic carbocycles. The molecule has 0 bridgehead atoms. The van der Waals surface area contributed by atoms with Crippen molar-refractivity contribution in [3.05, 3.63) is 0 Å². The Bertz CT molecular complexity index is 283. The molecule has 1 saturated heterocycles. The molecule has 1 aliphatic heterocycles. The average Bonchev–Trinajstić information content (AvgIpc) is 2.42. The van der Waals surface area contributed by atoms with E-state index in [1.165, 1.54) is 14.2 Å². The third kappa shape index (κ3) is 4.12. The number of carbonyl (C=O) groups is 1. The van der Waals surface area contributed by atoms with Crippen LogP contribution in [0.2, 0.25) is 0 Å². The second kappa shape index (κ2) is 7.76. The molecule has 0 radical (unpaired) electrons. The Labute approximate surface area is 112 Å². The van der Waals surface area contributed by atoms with Crippen LogP contribution >= 0.6 is 0 Å². The standard InChI is InChI=1S/C12H22O7/c1-4-7-8(5-18-6-9(13)16-2)19-12(17-3)11(15)10(7)14/h7-8,10-12,14-15H,4-6H2,1-3H3/t7-,8?,10-,11?,12-/m1/s1. The van der Waals surface area contributed by atoms with Gasteiger partial charge in [0, 0.05) is 13.0 Å². The fourth-order valence-corrected chi connectivity index (χ4v) is 2.17. The van der Waals surface area contributed by atoms with Crippen LogP contribution in [0.15, 0.2) is 0 Å². The Balaban J connectivity index is 2.55. The van der Waals surface area contributed by atoms with E-state index in [1.54, 1.807) is 0 Å². The van der Waals surface area contributed by atoms with Gasteiger partial charge in [-0.2, -0.15) is 0 Å². The zero-order chi connectivity index (χ0) is 14.4. The van der Waals surface area contributed by atoms with E-state index in [4.69, 9.17) is 14.2 Å². The van der Waals surface area contributed by atoms with E-state index in [-0.39, 0.29) is 19.1 Å². The third-order valence-corrected chi connectivity index (χ3v) is 3.29. The second-order valence-electron chi connectivity index (χ2n) is 4.42. The number of aliphatic hydroxyl groups excluding tert-OH is 2. The molecule has 0 saturated carbocycles. The number of rotatable bonds is 6. The highest BCUT2D eigenvalue weighted by atomic mass is 16.7. The van der Waals surface area contributed by atoms with Gasteiger partial charge in [-0.05, 0) is 6.42 Å². The van der Waals surface area contributed by atoms with Gasteiger partial charge in [-0.3, -0.25) is 0 Å². The van der Waals surface area contributed by atoms with Crippen LogP contribution in [0.5, 0.6) is 0 Å². The molecule has 1 heterocycles. The van der Waals surface area contributed by atoms with Crippen LogP contribution < -0.4 is 0 Å². The molecule has 5 atom stereocenters. The number of esters is 1. The van der Waals surface area contributed by atoms with Gasteiger partial charge in [0.05, 0.1) is 25.9 Å². The van der Waals surface area contributed by atoms with Gasteiger partial charge in [0.2, 0.25) is 0 Å². The molecule has 0 spiro atoms. The quantitative estimate of drug-likeness (QED) is 0.620. The van der Waals surface area contributed by atoms with Gasteiger partial charge in [-0.1, -0.05) is 6.92 Å². The molecule has 1 aliphatic rings. The van der Waals surface area contributed by atoms with Crippen LogP contribution in [0, 0.1) is 5.92 Å². The lowest BCUT2D eigenvalue weighted by atomic mass is 9.87. The van der Waals surface area contributed by atoms with E-state index in [0.29, 0.717) is 6.42 Å². The smallest absolute Gasteiger partial charge is 0.331 e. The van der Waals surface area contributed by atoms with Gasteiger partial charge in [-0.25, -0.2) is 4.79 Å². The van der Waals surface area contributed by atoms with E-state index in [2.05, 4.69) is 4.74 Å². The summed E-state index contributed by atoms with van der Waals surface area (Å²) in [5.41, 5.74) is 0. The Hall–Kier alpha value is -0.730. The Kier molecular flexibility index (Phi) is 6.67. The Morgan fingerprint density at radius 1 is 1.26 bits per heavy atom. The first-order valence-electron chi connectivity index (χ1n) is 6.24. The van der Waals surface area contributed by atoms with Crippen molar-refractivity contribution in [2.24, 2.45) is 5.92 Å². The summed E-state index contributed by atoms with van der Waals surface area (Å²) in [6.07, 6.45) is -2.77. The van der Waals surface area contributed by atoms with Crippen molar-refractivity contribution in [3.63, 3.8) is 0 Å². The predicted molar refractivity (Wildman–Crippen MR) is 64.3 cm³/mol. The minimum atomic E-state index is -1.09. The summed E-state index contributed by atoms with van der Waals surface area (Å²) in [5, 5.41) is 19.8. The molecule has 7 heteroatoms. The first-order chi connectivity index (χ1) is 9.04. The lowest BCUT2D eigenvalue weighted by Crippen LogP contribution is -2.56. The second-order valence-corrected chi connectivity index (χ2v) is 4.42. The number of hydrogen-bond donors (Lipinski definition) is 2. The van der Waals surface area contributed by atoms with Crippen molar-refractivity contribution in [3.8, 4) is 0 Å². The van der Waals surface area contributed by atoms with Crippen molar-refractivity contribution in [2.45, 2.75) is 37.9 Å². The largest absolute Gasteiger partial charge is 0.467 e. The van der Waals surface area contributed by atoms with Gasteiger partial charge in [0.1, 0.15) is 12.7 Å². The minimum Gasteiger partial charge on any atom is -0.467 e. The van der Waals surface area contributed by atoms with Gasteiger partial charge >= 0.3 is 5.97 Å². The fourth-order valence-electron chi connectivity index (χ4n) is 2.17. The summed E-state index contributed by atoms with van der Waals surface area (Å²) in [4.78, 5) is 10.9. The molecule has 7 nitrogen and oxygen atoms in total. The molecule has 0 aromatic rings. The van der Waals surface area contributed by atoms with Gasteiger partial charge in [0.25, 0.3) is 0 Å². The summed E-state index contributed by atoms with van der Waals surface area (Å²) in [5.74, 6) is -0.758. The molecule has 1 rings (SSSR count). The van der Waals surface area contributed by atoms with Crippen LogP contribution in [0.3, 0.4) is 0 Å². The summed E-state index contributed by atoms with van der Waals surface area (Å²) in [7, 11) is 2.66. The van der Waals surface area contributed by atoms with E-state index in [1.807, 2.05) is 6.92 Å². The first-order valence-corrected chi connectivity index (χ1v) is 6.24. The first kappa shape index (κ1) is 16.3. The Morgan fingerprint density at radius 2 is 1.95 bits per heavy atom. The van der Waals surface area contributed by atoms with Crippen LogP contribution in [0.25, 0.3) is 0 Å². The summed E-state index contributed by atoms with van der Waals surface area (Å²) in [6.45, 7) is 1.82. The maximum absolute atomic E-state index is 10.9. The molecule has 0 aromatic heterocycles. The highest BCUT2D eigenvalue weighted by Crippen LogP contribution is 2.29. The number of carbonyl (C=O) groups excluding carboxylic acids is 1. The molecule has 0 amide bonds. The maximum atomic E-state index is 10.9. The van der Waals surface area contributed by atoms with Crippen LogP contribution in [-0.4, -0.2) is 68.2 Å². The molecule has 1 fully saturated rings. The molecule has 112 valence electrons. The van der Waals surface area contributed by atoms with Gasteiger partial charge in [-0.15, -0.1) is 0 Å². The maximum Gasteiger partial charge on any atom is 0.331 e. The topological polar surface area (TPSA) is 94.5 Å². The molecule has 0 aromatic carbocycles. The van der Waals surface area contributed by atoms with E-state index in [0.717, 1.165) is 0 Å². The molecule has 19 heavy (non-hydrogen) atoms. The molecular weight excluding hydrogens is 256 g/mol. The van der Waals surface area contributed by atoms with E-state index in [9.17, 15) is 15.0 Å². The van der Waals surface area contributed by atoms with Crippen molar-refractivity contribution in [2.75, 3.05) is 27.4 Å². The average molecular weight is 278 g/mol. The van der Waals surface area contributed by atoms with E-state index >= 15 is 0 Å². The van der Waals surface area contributed by atoms with Gasteiger partial charge < -0.3 is 29.2 Å². The summed E-state index contributed by atoms with van der Waals surface area (Å²) >= 11 is 0. The predicted octanol–water partition coefficient (Wildman–Crippen LogP) is -0.705. The number of methoxy groups -OCH3 is 2. The highest BCUT2D eigenvalue weighted by molar-refractivity contribution is 5.70. The Morgan fingerprint density at radius 3 is 2.47 bits per heavy atom. The van der Waals surface area contributed by atoms with Crippen molar-refractivity contribution >= 4 is 5.97 Å². The lowest BCUT2D eigenvalue weighted by Gasteiger charge is -2.41. The zero-order valence-corrected chi connectivity index (χ0v) is 11.4. The molecule has 2 unspecified atom stereocenters. The van der Waals surface area contributed by atoms with Crippen LogP contribution in [0.4, 0.5) is 0 Å². The van der Waals surface area contributed by atoms with Crippen molar-refractivity contribution < 1.29 is 34.0 Å². The fraction of sp³-hybridized carbons (Fsp3) is 0.917. The SMILES string of the molecule is CC[C@@H]1C(COCC(=O)OC)O[C@@H](OC)C(O)[C@@H]1O. The number of ether oxygens (including phenoxy) is 4. The van der Waals surface area contributed by atoms with E-state index < -0.39 is 30.6 Å². The normalized spacial score (nSPS) is 35.1. The lowest BCUT2D eigenvalue weighted by molar-refractivity contribution is -0.285. The summed E-state index contributed by atoms with van der Waals surface area (Å²) in [6, 6.07) is 0. The van der Waals surface area contributed by atoms with Gasteiger partial charge in [0.15, 0.2) is 6.29 Å². The zero-order valence-electron chi connectivity index (χ0n) is 11.4. The summed E-state index contributed by atoms with van der Waals surface area (Å²) < 4.78 is 20.1.